The molecule has 0 amide bonds. The molecule has 0 fully saturated rings. The summed E-state index contributed by atoms with van der Waals surface area (Å²) >= 11 is 0. The molecule has 2 rings (SSSR count). The van der Waals surface area contributed by atoms with Gasteiger partial charge in [-0.25, -0.2) is 0 Å². The van der Waals surface area contributed by atoms with E-state index < -0.39 is 0 Å². The van der Waals surface area contributed by atoms with Gasteiger partial charge >= 0.3 is 0 Å². The topological polar surface area (TPSA) is 56.0 Å². The van der Waals surface area contributed by atoms with E-state index in [-0.39, 0.29) is 10.6 Å². The van der Waals surface area contributed by atoms with E-state index in [0.717, 1.165) is 30.5 Å². The second-order valence-corrected chi connectivity index (χ2v) is 3.90. The van der Waals surface area contributed by atoms with Crippen LogP contribution >= 0.6 is 0 Å². The Labute approximate surface area is 82.1 Å². The lowest BCUT2D eigenvalue weighted by atomic mass is 9.88. The lowest BCUT2D eigenvalue weighted by molar-refractivity contribution is -0.385. The molecule has 1 atom stereocenters. The molecule has 1 aliphatic rings. The molecule has 1 aromatic rings. The Morgan fingerprint density at radius 3 is 3.14 bits per heavy atom. The highest BCUT2D eigenvalue weighted by atomic mass is 16.6. The van der Waals surface area contributed by atoms with Crippen molar-refractivity contribution >= 4 is 5.69 Å². The maximum Gasteiger partial charge on any atom is 0.287 e. The van der Waals surface area contributed by atoms with Crippen LogP contribution in [0, 0.1) is 16.0 Å². The summed E-state index contributed by atoms with van der Waals surface area (Å²) in [4.78, 5) is 14.3. The molecule has 0 aromatic carbocycles. The zero-order valence-electron chi connectivity index (χ0n) is 8.06. The number of rotatable bonds is 1. The molecule has 0 N–H and O–H groups in total. The van der Waals surface area contributed by atoms with Gasteiger partial charge in [-0.05, 0) is 30.7 Å². The van der Waals surface area contributed by atoms with Crippen LogP contribution in [0.25, 0.3) is 0 Å². The highest BCUT2D eigenvalue weighted by molar-refractivity contribution is 5.35. The van der Waals surface area contributed by atoms with E-state index in [9.17, 15) is 10.1 Å². The number of hydrogen-bond acceptors (Lipinski definition) is 3. The Morgan fingerprint density at radius 2 is 2.43 bits per heavy atom. The van der Waals surface area contributed by atoms with Gasteiger partial charge in [-0.2, -0.15) is 0 Å². The summed E-state index contributed by atoms with van der Waals surface area (Å²) in [5.74, 6) is 0.649. The fraction of sp³-hybridized carbons (Fsp3) is 0.500. The van der Waals surface area contributed by atoms with Crippen LogP contribution in [0.5, 0.6) is 0 Å². The summed E-state index contributed by atoms with van der Waals surface area (Å²) in [6.45, 7) is 2.19. The predicted octanol–water partition coefficient (Wildman–Crippen LogP) is 2.11. The lowest BCUT2D eigenvalue weighted by Gasteiger charge is -2.19. The van der Waals surface area contributed by atoms with Crippen molar-refractivity contribution in [1.29, 1.82) is 0 Å². The van der Waals surface area contributed by atoms with Gasteiger partial charge in [-0.3, -0.25) is 15.1 Å². The number of fused-ring (bicyclic) bond motifs is 1. The van der Waals surface area contributed by atoms with Crippen molar-refractivity contribution in [2.24, 2.45) is 5.92 Å². The Morgan fingerprint density at radius 1 is 1.64 bits per heavy atom. The molecule has 0 saturated heterocycles. The van der Waals surface area contributed by atoms with Crippen molar-refractivity contribution in [3.05, 3.63) is 33.6 Å². The molecular formula is C10H12N2O2. The quantitative estimate of drug-likeness (QED) is 0.505. The predicted molar refractivity (Wildman–Crippen MR) is 52.1 cm³/mol. The van der Waals surface area contributed by atoms with Crippen molar-refractivity contribution < 1.29 is 4.92 Å². The van der Waals surface area contributed by atoms with Gasteiger partial charge in [0.1, 0.15) is 6.20 Å². The molecule has 1 aliphatic carbocycles. The van der Waals surface area contributed by atoms with Gasteiger partial charge in [-0.15, -0.1) is 0 Å². The molecule has 0 spiro atoms. The van der Waals surface area contributed by atoms with Crippen molar-refractivity contribution in [2.75, 3.05) is 0 Å². The normalized spacial score (nSPS) is 20.2. The summed E-state index contributed by atoms with van der Waals surface area (Å²) in [7, 11) is 0. The van der Waals surface area contributed by atoms with Crippen molar-refractivity contribution in [1.82, 2.24) is 4.98 Å². The lowest BCUT2D eigenvalue weighted by Crippen LogP contribution is -2.13. The highest BCUT2D eigenvalue weighted by Gasteiger charge is 2.18. The van der Waals surface area contributed by atoms with Crippen molar-refractivity contribution in [3.63, 3.8) is 0 Å². The smallest absolute Gasteiger partial charge is 0.258 e. The number of nitro groups is 1. The molecule has 1 unspecified atom stereocenters. The van der Waals surface area contributed by atoms with Gasteiger partial charge in [0.15, 0.2) is 0 Å². The fourth-order valence-electron chi connectivity index (χ4n) is 1.86. The van der Waals surface area contributed by atoms with E-state index in [1.807, 2.05) is 0 Å². The molecule has 0 radical (unpaired) electrons. The van der Waals surface area contributed by atoms with E-state index in [1.165, 1.54) is 6.20 Å². The van der Waals surface area contributed by atoms with E-state index >= 15 is 0 Å². The molecule has 4 heteroatoms. The Bertz CT molecular complexity index is 376. The minimum Gasteiger partial charge on any atom is -0.258 e. The first kappa shape index (κ1) is 9.12. The third kappa shape index (κ3) is 1.60. The summed E-state index contributed by atoms with van der Waals surface area (Å²) in [6, 6.07) is 1.66. The van der Waals surface area contributed by atoms with E-state index in [1.54, 1.807) is 6.07 Å². The molecule has 0 aliphatic heterocycles. The number of pyridine rings is 1. The monoisotopic (exact) mass is 192 g/mol. The SMILES string of the molecule is CC1CCc2cc([N+](=O)[O-])cnc2C1. The maximum absolute atomic E-state index is 10.5. The summed E-state index contributed by atoms with van der Waals surface area (Å²) < 4.78 is 0. The fourth-order valence-corrected chi connectivity index (χ4v) is 1.86. The number of aryl methyl sites for hydroxylation is 1. The van der Waals surface area contributed by atoms with Crippen molar-refractivity contribution in [2.45, 2.75) is 26.2 Å². The van der Waals surface area contributed by atoms with E-state index in [2.05, 4.69) is 11.9 Å². The Kier molecular flexibility index (Phi) is 2.19. The molecule has 0 saturated carbocycles. The van der Waals surface area contributed by atoms with Gasteiger partial charge in [0.2, 0.25) is 0 Å². The molecule has 1 aromatic heterocycles. The Hall–Kier alpha value is -1.45. The summed E-state index contributed by atoms with van der Waals surface area (Å²) in [5, 5.41) is 10.5. The van der Waals surface area contributed by atoms with Crippen LogP contribution < -0.4 is 0 Å². The van der Waals surface area contributed by atoms with Crippen LogP contribution in [0.1, 0.15) is 24.6 Å². The second-order valence-electron chi connectivity index (χ2n) is 3.90. The van der Waals surface area contributed by atoms with Crippen molar-refractivity contribution in [3.8, 4) is 0 Å². The van der Waals surface area contributed by atoms with Crippen LogP contribution in [0.4, 0.5) is 5.69 Å². The van der Waals surface area contributed by atoms with E-state index in [0.29, 0.717) is 5.92 Å². The number of hydrogen-bond donors (Lipinski definition) is 0. The van der Waals surface area contributed by atoms with Gasteiger partial charge in [0.05, 0.1) is 4.92 Å². The zero-order chi connectivity index (χ0) is 10.1. The number of nitrogens with zero attached hydrogens (tertiary/aromatic N) is 2. The van der Waals surface area contributed by atoms with Crippen LogP contribution in [0.3, 0.4) is 0 Å². The third-order valence-corrected chi connectivity index (χ3v) is 2.70. The first-order valence-electron chi connectivity index (χ1n) is 4.79. The third-order valence-electron chi connectivity index (χ3n) is 2.70. The standard InChI is InChI=1S/C10H12N2O2/c1-7-2-3-8-5-9(12(13)14)6-11-10(8)4-7/h5-7H,2-4H2,1H3. The molecule has 0 bridgehead atoms. The first-order valence-corrected chi connectivity index (χ1v) is 4.79. The van der Waals surface area contributed by atoms with Gasteiger partial charge in [0, 0.05) is 11.8 Å². The minimum atomic E-state index is -0.384. The van der Waals surface area contributed by atoms with Crippen LogP contribution in [0.15, 0.2) is 12.3 Å². The van der Waals surface area contributed by atoms with E-state index in [4.69, 9.17) is 0 Å². The van der Waals surface area contributed by atoms with Crippen LogP contribution in [-0.4, -0.2) is 9.91 Å². The second kappa shape index (κ2) is 3.36. The van der Waals surface area contributed by atoms with Gasteiger partial charge in [0.25, 0.3) is 5.69 Å². The van der Waals surface area contributed by atoms with Crippen LogP contribution in [0.2, 0.25) is 0 Å². The van der Waals surface area contributed by atoms with Gasteiger partial charge in [-0.1, -0.05) is 6.92 Å². The zero-order valence-corrected chi connectivity index (χ0v) is 8.06. The first-order chi connectivity index (χ1) is 6.66. The molecule has 4 nitrogen and oxygen atoms in total. The average molecular weight is 192 g/mol. The molecule has 1 heterocycles. The Balaban J connectivity index is 2.36. The highest BCUT2D eigenvalue weighted by Crippen LogP contribution is 2.26. The minimum absolute atomic E-state index is 0.110. The average Bonchev–Trinajstić information content (AvgIpc) is 2.16. The summed E-state index contributed by atoms with van der Waals surface area (Å²) in [6.07, 6.45) is 4.34. The van der Waals surface area contributed by atoms with Gasteiger partial charge < -0.3 is 0 Å². The summed E-state index contributed by atoms with van der Waals surface area (Å²) in [5.41, 5.74) is 2.20. The molecule has 74 valence electrons. The van der Waals surface area contributed by atoms with Crippen LogP contribution in [-0.2, 0) is 12.8 Å². The largest absolute Gasteiger partial charge is 0.287 e. The molecular weight excluding hydrogens is 180 g/mol. The molecule has 14 heavy (non-hydrogen) atoms. The number of aromatic nitrogens is 1. The maximum atomic E-state index is 10.5.